The van der Waals surface area contributed by atoms with Gasteiger partial charge in [-0.2, -0.15) is 5.70 Å². The number of nitrogens with zero attached hydrogens (tertiary/aromatic N) is 1. The Morgan fingerprint density at radius 2 is 1.30 bits per heavy atom. The monoisotopic (exact) mass is 372 g/mol. The van der Waals surface area contributed by atoms with Crippen LogP contribution in [0.3, 0.4) is 0 Å². The summed E-state index contributed by atoms with van der Waals surface area (Å²) in [4.78, 5) is 0. The van der Waals surface area contributed by atoms with Crippen LogP contribution in [0.4, 0.5) is 0 Å². The summed E-state index contributed by atoms with van der Waals surface area (Å²) in [6.45, 7) is 19.8. The van der Waals surface area contributed by atoms with E-state index in [0.717, 1.165) is 0 Å². The summed E-state index contributed by atoms with van der Waals surface area (Å²) in [7, 11) is 0.417. The summed E-state index contributed by atoms with van der Waals surface area (Å²) < 4.78 is 0. The van der Waals surface area contributed by atoms with Crippen molar-refractivity contribution in [3.63, 3.8) is 0 Å². The first-order valence-electron chi connectivity index (χ1n) is 6.77. The SMILES string of the molecule is CC1=C(C)C(C)C([N-]C(C)(C)C)=C1C.C[SiH2]C.Cl.Cl.[Ti]. The summed E-state index contributed by atoms with van der Waals surface area (Å²) in [5.41, 5.74) is 5.61. The Morgan fingerprint density at radius 3 is 1.50 bits per heavy atom. The molecule has 1 nitrogen and oxygen atoms in total. The van der Waals surface area contributed by atoms with E-state index >= 15 is 0 Å². The predicted molar refractivity (Wildman–Crippen MR) is 98.1 cm³/mol. The fourth-order valence-corrected chi connectivity index (χ4v) is 1.88. The summed E-state index contributed by atoms with van der Waals surface area (Å²) >= 11 is 0. The van der Waals surface area contributed by atoms with Crippen LogP contribution >= 0.6 is 24.8 Å². The van der Waals surface area contributed by atoms with Crippen LogP contribution in [0.1, 0.15) is 48.5 Å². The molecule has 1 rings (SSSR count). The molecule has 5 heteroatoms. The topological polar surface area (TPSA) is 14.1 Å². The van der Waals surface area contributed by atoms with Crippen molar-refractivity contribution in [1.82, 2.24) is 0 Å². The van der Waals surface area contributed by atoms with Gasteiger partial charge in [0.1, 0.15) is 0 Å². The van der Waals surface area contributed by atoms with Crippen LogP contribution < -0.4 is 0 Å². The van der Waals surface area contributed by atoms with Crippen molar-refractivity contribution < 1.29 is 21.7 Å². The molecule has 0 amide bonds. The van der Waals surface area contributed by atoms with Crippen molar-refractivity contribution in [3.05, 3.63) is 27.7 Å². The van der Waals surface area contributed by atoms with Gasteiger partial charge in [-0.05, 0) is 26.7 Å². The van der Waals surface area contributed by atoms with Crippen LogP contribution in [0.15, 0.2) is 22.4 Å². The molecule has 0 fully saturated rings. The fraction of sp³-hybridized carbons (Fsp3) is 0.733. The molecule has 1 aliphatic rings. The maximum atomic E-state index is 4.81. The zero-order valence-electron chi connectivity index (χ0n) is 14.5. The van der Waals surface area contributed by atoms with E-state index in [-0.39, 0.29) is 52.1 Å². The Labute approximate surface area is 156 Å². The molecule has 1 unspecified atom stereocenters. The first-order chi connectivity index (χ1) is 7.65. The first-order valence-corrected chi connectivity index (χ1v) is 9.59. The third kappa shape index (κ3) is 8.94. The molecule has 0 spiro atoms. The molecule has 1 aliphatic carbocycles. The summed E-state index contributed by atoms with van der Waals surface area (Å²) in [5.74, 6) is 0.509. The van der Waals surface area contributed by atoms with Gasteiger partial charge < -0.3 is 5.32 Å². The van der Waals surface area contributed by atoms with Crippen LogP contribution in [-0.4, -0.2) is 15.1 Å². The zero-order chi connectivity index (χ0) is 13.8. The minimum atomic E-state index is 0. The smallest absolute Gasteiger partial charge is 0.0135 e. The molecule has 0 heterocycles. The molecule has 0 aromatic carbocycles. The molecule has 20 heavy (non-hydrogen) atoms. The third-order valence-electron chi connectivity index (χ3n) is 3.05. The average molecular weight is 373 g/mol. The van der Waals surface area contributed by atoms with Crippen LogP contribution in [-0.2, 0) is 21.7 Å². The third-order valence-corrected chi connectivity index (χ3v) is 3.05. The van der Waals surface area contributed by atoms with Crippen LogP contribution in [0.25, 0.3) is 5.32 Å². The Hall–Kier alpha value is 0.791. The van der Waals surface area contributed by atoms with E-state index in [1.807, 2.05) is 0 Å². The van der Waals surface area contributed by atoms with Gasteiger partial charge in [0.15, 0.2) is 0 Å². The van der Waals surface area contributed by atoms with Crippen molar-refractivity contribution in [2.75, 3.05) is 0 Å². The molecule has 0 aliphatic heterocycles. The Morgan fingerprint density at radius 1 is 0.950 bits per heavy atom. The Balaban J connectivity index is -0.000000196. The number of allylic oxidation sites excluding steroid dienone is 3. The predicted octanol–water partition coefficient (Wildman–Crippen LogP) is 5.51. The Kier molecular flexibility index (Phi) is 17.8. The molecule has 0 aromatic rings. The molecule has 0 N–H and O–H groups in total. The van der Waals surface area contributed by atoms with Gasteiger partial charge in [0.25, 0.3) is 0 Å². The standard InChI is InChI=1S/C13H22N.C2H8Si.2ClH.Ti/c1-8-9(2)11(4)12(10(8)3)14-13(5,6)7;1-3-2;;;/h10H,1-7H3;3H2,1-2H3;2*1H;/q-1;;;;. The minimum Gasteiger partial charge on any atom is -0.682 e. The van der Waals surface area contributed by atoms with E-state index < -0.39 is 0 Å². The van der Waals surface area contributed by atoms with Gasteiger partial charge in [-0.25, -0.2) is 0 Å². The van der Waals surface area contributed by atoms with Crippen LogP contribution in [0.5, 0.6) is 0 Å². The molecular weight excluding hydrogens is 341 g/mol. The number of hydrogen-bond acceptors (Lipinski definition) is 0. The van der Waals surface area contributed by atoms with Gasteiger partial charge in [-0.3, -0.25) is 0 Å². The second kappa shape index (κ2) is 12.3. The van der Waals surface area contributed by atoms with Gasteiger partial charge in [0.05, 0.1) is 0 Å². The Bertz CT molecular complexity index is 333. The van der Waals surface area contributed by atoms with Gasteiger partial charge in [-0.15, -0.1) is 30.4 Å². The van der Waals surface area contributed by atoms with Gasteiger partial charge >= 0.3 is 0 Å². The number of halogens is 2. The summed E-state index contributed by atoms with van der Waals surface area (Å²) in [5, 5.41) is 4.81. The minimum absolute atomic E-state index is 0. The largest absolute Gasteiger partial charge is 0.682 e. The van der Waals surface area contributed by atoms with E-state index in [4.69, 9.17) is 5.32 Å². The van der Waals surface area contributed by atoms with Gasteiger partial charge in [0.2, 0.25) is 0 Å². The van der Waals surface area contributed by atoms with E-state index in [9.17, 15) is 0 Å². The second-order valence-electron chi connectivity index (χ2n) is 6.03. The number of rotatable bonds is 1. The molecule has 0 saturated heterocycles. The second-order valence-corrected chi connectivity index (χ2v) is 7.44. The maximum Gasteiger partial charge on any atom is 0.0135 e. The average Bonchev–Trinajstić information content (AvgIpc) is 2.35. The van der Waals surface area contributed by atoms with Crippen molar-refractivity contribution in [1.29, 1.82) is 0 Å². The van der Waals surface area contributed by atoms with Crippen molar-refractivity contribution in [2.45, 2.75) is 67.1 Å². The normalized spacial score (nSPS) is 17.4. The van der Waals surface area contributed by atoms with Gasteiger partial charge in [0, 0.05) is 31.2 Å². The zero-order valence-corrected chi connectivity index (χ0v) is 19.2. The molecule has 0 aromatic heterocycles. The van der Waals surface area contributed by atoms with Crippen molar-refractivity contribution in [3.8, 4) is 0 Å². The number of hydrogen-bond donors (Lipinski definition) is 0. The molecular formula is C15H32Cl2NSiTi-. The van der Waals surface area contributed by atoms with Crippen LogP contribution in [0, 0.1) is 5.92 Å². The van der Waals surface area contributed by atoms with Crippen molar-refractivity contribution >= 4 is 34.3 Å². The quantitative estimate of drug-likeness (QED) is 0.538. The van der Waals surface area contributed by atoms with E-state index in [2.05, 4.69) is 61.6 Å². The van der Waals surface area contributed by atoms with Gasteiger partial charge in [-0.1, -0.05) is 57.5 Å². The first kappa shape index (κ1) is 28.9. The molecule has 0 bridgehead atoms. The molecule has 0 radical (unpaired) electrons. The summed E-state index contributed by atoms with van der Waals surface area (Å²) in [6.07, 6.45) is 0. The molecule has 120 valence electrons. The fourth-order valence-electron chi connectivity index (χ4n) is 1.88. The van der Waals surface area contributed by atoms with E-state index in [1.165, 1.54) is 22.4 Å². The van der Waals surface area contributed by atoms with Crippen LogP contribution in [0.2, 0.25) is 13.1 Å². The summed E-state index contributed by atoms with van der Waals surface area (Å²) in [6, 6.07) is 0. The maximum absolute atomic E-state index is 4.81. The molecule has 1 atom stereocenters. The van der Waals surface area contributed by atoms with E-state index in [1.54, 1.807) is 0 Å². The molecule has 0 saturated carbocycles. The van der Waals surface area contributed by atoms with Crippen molar-refractivity contribution in [2.24, 2.45) is 5.92 Å². The van der Waals surface area contributed by atoms with E-state index in [0.29, 0.717) is 15.4 Å².